The van der Waals surface area contributed by atoms with Gasteiger partial charge in [-0.1, -0.05) is 80.6 Å². The van der Waals surface area contributed by atoms with Crippen molar-refractivity contribution in [3.8, 4) is 0 Å². The summed E-state index contributed by atoms with van der Waals surface area (Å²) in [6, 6.07) is 25.2. The van der Waals surface area contributed by atoms with Crippen LogP contribution in [-0.2, 0) is 30.3 Å². The molecule has 3 aromatic rings. The molecule has 2 aliphatic heterocycles. The summed E-state index contributed by atoms with van der Waals surface area (Å²) in [5.41, 5.74) is 7.47. The summed E-state index contributed by atoms with van der Waals surface area (Å²) in [7, 11) is -3.89. The molecule has 0 bridgehead atoms. The standard InChI is InChI=1S/C44H48N2O5S/c1-43(2)35-20-8-10-22-37(35)45(29-12-13-31-47)39(43)27-25-32-16-14-17-33(42(32)52(50,51)34-18-6-5-7-19-34)26-28-40-44(3,4)36-21-9-11-23-38(36)46(40)30-15-24-41(48)49/h5-11,18-23,25-28,31H,12-17,24,29-30H2,1-4H3/p+1. The molecule has 270 valence electrons. The van der Waals surface area contributed by atoms with Crippen LogP contribution in [0.25, 0.3) is 0 Å². The molecule has 8 heteroatoms. The molecule has 0 radical (unpaired) electrons. The van der Waals surface area contributed by atoms with E-state index in [9.17, 15) is 23.1 Å². The Morgan fingerprint density at radius 2 is 1.54 bits per heavy atom. The molecule has 0 aromatic heterocycles. The van der Waals surface area contributed by atoms with Gasteiger partial charge >= 0.3 is 5.97 Å². The second-order valence-corrected chi connectivity index (χ2v) is 16.8. The van der Waals surface area contributed by atoms with E-state index >= 15 is 0 Å². The summed E-state index contributed by atoms with van der Waals surface area (Å²) < 4.78 is 31.5. The number of unbranched alkanes of at least 4 members (excludes halogenated alkanes) is 1. The molecule has 0 unspecified atom stereocenters. The minimum atomic E-state index is -3.89. The van der Waals surface area contributed by atoms with Crippen molar-refractivity contribution in [3.63, 3.8) is 0 Å². The number of para-hydroxylation sites is 2. The van der Waals surface area contributed by atoms with Crippen LogP contribution in [0.2, 0.25) is 0 Å². The Balaban J connectivity index is 1.49. The molecule has 0 amide bonds. The molecule has 7 nitrogen and oxygen atoms in total. The van der Waals surface area contributed by atoms with Crippen molar-refractivity contribution in [1.29, 1.82) is 0 Å². The molecule has 0 saturated heterocycles. The lowest BCUT2D eigenvalue weighted by atomic mass is 9.81. The number of rotatable bonds is 13. The smallest absolute Gasteiger partial charge is 0.303 e. The monoisotopic (exact) mass is 717 g/mol. The van der Waals surface area contributed by atoms with Crippen molar-refractivity contribution < 1.29 is 27.7 Å². The minimum Gasteiger partial charge on any atom is -0.481 e. The van der Waals surface area contributed by atoms with Crippen LogP contribution in [0.4, 0.5) is 11.4 Å². The predicted octanol–water partition coefficient (Wildman–Crippen LogP) is 8.98. The fourth-order valence-electron chi connectivity index (χ4n) is 8.13. The van der Waals surface area contributed by atoms with Crippen LogP contribution in [0.5, 0.6) is 0 Å². The number of carbonyl (C=O) groups is 2. The van der Waals surface area contributed by atoms with Gasteiger partial charge in [0.15, 0.2) is 5.71 Å². The number of hydrogen-bond donors (Lipinski definition) is 1. The number of anilines is 1. The summed E-state index contributed by atoms with van der Waals surface area (Å²) in [6.07, 6.45) is 12.9. The van der Waals surface area contributed by atoms with E-state index < -0.39 is 15.8 Å². The third-order valence-corrected chi connectivity index (χ3v) is 12.7. The van der Waals surface area contributed by atoms with Gasteiger partial charge in [0.25, 0.3) is 0 Å². The minimum absolute atomic E-state index is 0.0702. The molecule has 3 aliphatic rings. The third-order valence-electron chi connectivity index (χ3n) is 10.8. The van der Waals surface area contributed by atoms with Crippen molar-refractivity contribution >= 4 is 39.2 Å². The van der Waals surface area contributed by atoms with Crippen molar-refractivity contribution in [2.75, 3.05) is 18.0 Å². The van der Waals surface area contributed by atoms with Crippen LogP contribution in [-0.4, -0.2) is 49.2 Å². The highest BCUT2D eigenvalue weighted by Gasteiger charge is 2.44. The maximum atomic E-state index is 14.7. The van der Waals surface area contributed by atoms with Crippen LogP contribution in [0.3, 0.4) is 0 Å². The first kappa shape index (κ1) is 37.0. The number of benzene rings is 3. The Kier molecular flexibility index (Phi) is 10.7. The van der Waals surface area contributed by atoms with Crippen LogP contribution in [0.15, 0.2) is 130 Å². The first-order valence-corrected chi connectivity index (χ1v) is 19.8. The lowest BCUT2D eigenvalue weighted by Crippen LogP contribution is -2.28. The van der Waals surface area contributed by atoms with E-state index in [2.05, 4.69) is 73.6 Å². The maximum Gasteiger partial charge on any atom is 0.303 e. The lowest BCUT2D eigenvalue weighted by Gasteiger charge is -2.27. The molecular weight excluding hydrogens is 669 g/mol. The number of carboxylic acid groups (broad SMARTS) is 1. The first-order chi connectivity index (χ1) is 24.9. The van der Waals surface area contributed by atoms with E-state index in [1.165, 1.54) is 5.56 Å². The summed E-state index contributed by atoms with van der Waals surface area (Å²) in [5, 5.41) is 9.37. The van der Waals surface area contributed by atoms with E-state index in [1.54, 1.807) is 24.3 Å². The summed E-state index contributed by atoms with van der Waals surface area (Å²) in [6.45, 7) is 9.96. The highest BCUT2D eigenvalue weighted by atomic mass is 32.2. The van der Waals surface area contributed by atoms with Gasteiger partial charge in [-0.05, 0) is 80.5 Å². The first-order valence-electron chi connectivity index (χ1n) is 18.3. The molecule has 3 aromatic carbocycles. The van der Waals surface area contributed by atoms with Gasteiger partial charge in [-0.3, -0.25) is 4.79 Å². The van der Waals surface area contributed by atoms with E-state index in [0.29, 0.717) is 43.7 Å². The zero-order valence-electron chi connectivity index (χ0n) is 30.6. The average Bonchev–Trinajstić information content (AvgIpc) is 3.48. The van der Waals surface area contributed by atoms with Gasteiger partial charge in [0, 0.05) is 53.9 Å². The van der Waals surface area contributed by atoms with Gasteiger partial charge in [-0.25, -0.2) is 8.42 Å². The van der Waals surface area contributed by atoms with Gasteiger partial charge in [0.2, 0.25) is 15.5 Å². The SMILES string of the molecule is CC1(C)C(/C=C/C2=C(S(=O)(=O)c3ccccc3)C(=C/C=C3/N(CCCC=O)c4ccccc4C3(C)C)/CCC2)=[N+](CCCC(=O)O)c2ccccc21. The molecule has 0 atom stereocenters. The topological polar surface area (TPSA) is 94.8 Å². The number of fused-ring (bicyclic) bond motifs is 2. The van der Waals surface area contributed by atoms with Crippen LogP contribution >= 0.6 is 0 Å². The number of sulfone groups is 1. The van der Waals surface area contributed by atoms with Crippen molar-refractivity contribution in [3.05, 3.63) is 136 Å². The van der Waals surface area contributed by atoms with Crippen molar-refractivity contribution in [2.24, 2.45) is 0 Å². The van der Waals surface area contributed by atoms with Crippen LogP contribution in [0.1, 0.15) is 83.8 Å². The Bertz CT molecular complexity index is 2130. The number of hydrogen-bond acceptors (Lipinski definition) is 5. The Hall–Kier alpha value is -4.82. The van der Waals surface area contributed by atoms with Gasteiger partial charge in [0.05, 0.1) is 21.6 Å². The van der Waals surface area contributed by atoms with E-state index in [-0.39, 0.29) is 22.1 Å². The van der Waals surface area contributed by atoms with E-state index in [1.807, 2.05) is 42.5 Å². The molecule has 0 spiro atoms. The van der Waals surface area contributed by atoms with Gasteiger partial charge < -0.3 is 14.8 Å². The molecule has 1 aliphatic carbocycles. The Labute approximate surface area is 308 Å². The van der Waals surface area contributed by atoms with Crippen LogP contribution < -0.4 is 4.90 Å². The Morgan fingerprint density at radius 1 is 0.846 bits per heavy atom. The predicted molar refractivity (Wildman–Crippen MR) is 208 cm³/mol. The highest BCUT2D eigenvalue weighted by molar-refractivity contribution is 7.95. The van der Waals surface area contributed by atoms with Gasteiger partial charge in [-0.15, -0.1) is 0 Å². The molecular formula is C44H49N2O5S+. The van der Waals surface area contributed by atoms with E-state index in [0.717, 1.165) is 58.6 Å². The largest absolute Gasteiger partial charge is 0.481 e. The summed E-state index contributed by atoms with van der Waals surface area (Å²) in [5.74, 6) is -0.824. The third kappa shape index (κ3) is 7.01. The second kappa shape index (κ2) is 15.0. The molecule has 0 fully saturated rings. The number of allylic oxidation sites excluding steroid dienone is 7. The van der Waals surface area contributed by atoms with Crippen molar-refractivity contribution in [2.45, 2.75) is 88.4 Å². The molecule has 2 heterocycles. The molecule has 52 heavy (non-hydrogen) atoms. The summed E-state index contributed by atoms with van der Waals surface area (Å²) in [4.78, 5) is 25.5. The normalized spacial score (nSPS) is 19.5. The molecule has 0 saturated carbocycles. The quantitative estimate of drug-likeness (QED) is 0.108. The average molecular weight is 718 g/mol. The van der Waals surface area contributed by atoms with Gasteiger partial charge in [-0.2, -0.15) is 4.58 Å². The lowest BCUT2D eigenvalue weighted by molar-refractivity contribution is -0.438. The van der Waals surface area contributed by atoms with Crippen molar-refractivity contribution in [1.82, 2.24) is 0 Å². The molecule has 6 rings (SSSR count). The fraction of sp³-hybridized carbons (Fsp3) is 0.341. The summed E-state index contributed by atoms with van der Waals surface area (Å²) >= 11 is 0. The van der Waals surface area contributed by atoms with Crippen LogP contribution in [0, 0.1) is 0 Å². The zero-order valence-corrected chi connectivity index (χ0v) is 31.5. The second-order valence-electron chi connectivity index (χ2n) is 14.9. The number of carbonyl (C=O) groups excluding carboxylic acids is 1. The maximum absolute atomic E-state index is 14.7. The number of aliphatic carboxylic acids is 1. The van der Waals surface area contributed by atoms with E-state index in [4.69, 9.17) is 0 Å². The molecule has 1 N–H and O–H groups in total. The number of aldehydes is 1. The number of carboxylic acids is 1. The highest BCUT2D eigenvalue weighted by Crippen LogP contribution is 2.48. The number of nitrogens with zero attached hydrogens (tertiary/aromatic N) is 2. The Morgan fingerprint density at radius 3 is 2.27 bits per heavy atom. The zero-order chi connectivity index (χ0) is 37.1. The fourth-order valence-corrected chi connectivity index (χ4v) is 9.91. The van der Waals surface area contributed by atoms with Gasteiger partial charge in [0.1, 0.15) is 12.8 Å².